The van der Waals surface area contributed by atoms with Gasteiger partial charge in [0.15, 0.2) is 0 Å². The molecule has 0 amide bonds. The minimum Gasteiger partial charge on any atom is -0.481 e. The third-order valence-electron chi connectivity index (χ3n) is 4.31. The van der Waals surface area contributed by atoms with E-state index in [1.54, 1.807) is 6.07 Å². The first-order valence-electron chi connectivity index (χ1n) is 8.34. The normalized spacial score (nSPS) is 11.8. The molecule has 0 unspecified atom stereocenters. The number of carbonyl (C=O) groups is 1. The van der Waals surface area contributed by atoms with Gasteiger partial charge in [0, 0.05) is 24.1 Å². The predicted octanol–water partition coefficient (Wildman–Crippen LogP) is 4.92. The number of hydrogen-bond donors (Lipinski definition) is 1. The fourth-order valence-electron chi connectivity index (χ4n) is 3.14. The van der Waals surface area contributed by atoms with Crippen LogP contribution in [0.1, 0.15) is 31.7 Å². The van der Waals surface area contributed by atoms with Crippen LogP contribution in [0, 0.1) is 11.2 Å². The Hall–Kier alpha value is -2.40. The van der Waals surface area contributed by atoms with Crippen molar-refractivity contribution in [1.29, 1.82) is 0 Å². The van der Waals surface area contributed by atoms with Crippen molar-refractivity contribution in [3.8, 4) is 0 Å². The molecule has 0 aliphatic rings. The Morgan fingerprint density at radius 1 is 1.23 bits per heavy atom. The van der Waals surface area contributed by atoms with Crippen molar-refractivity contribution in [2.45, 2.75) is 33.2 Å². The van der Waals surface area contributed by atoms with Crippen molar-refractivity contribution in [3.63, 3.8) is 0 Å². The molecule has 26 heavy (non-hydrogen) atoms. The summed E-state index contributed by atoms with van der Waals surface area (Å²) in [6.45, 7) is 4.35. The Morgan fingerprint density at radius 3 is 2.58 bits per heavy atom. The van der Waals surface area contributed by atoms with Gasteiger partial charge in [-0.3, -0.25) is 4.79 Å². The Labute approximate surface area is 156 Å². The van der Waals surface area contributed by atoms with Crippen LogP contribution in [0.15, 0.2) is 42.5 Å². The SMILES string of the molecule is CC(C)(CC(=O)O)Cc1nc2cc(F)ccc2n1Cc1ccc(Cl)cc1. The molecule has 3 aromatic rings. The summed E-state index contributed by atoms with van der Waals surface area (Å²) >= 11 is 5.96. The van der Waals surface area contributed by atoms with E-state index in [2.05, 4.69) is 4.98 Å². The quantitative estimate of drug-likeness (QED) is 0.666. The molecule has 1 N–H and O–H groups in total. The largest absolute Gasteiger partial charge is 0.481 e. The monoisotopic (exact) mass is 374 g/mol. The molecular weight excluding hydrogens is 355 g/mol. The van der Waals surface area contributed by atoms with Crippen LogP contribution in [0.25, 0.3) is 11.0 Å². The van der Waals surface area contributed by atoms with Crippen LogP contribution >= 0.6 is 11.6 Å². The second-order valence-corrected chi connectivity index (χ2v) is 7.72. The van der Waals surface area contributed by atoms with E-state index >= 15 is 0 Å². The van der Waals surface area contributed by atoms with E-state index < -0.39 is 11.4 Å². The number of aromatic nitrogens is 2. The van der Waals surface area contributed by atoms with Gasteiger partial charge in [-0.15, -0.1) is 0 Å². The summed E-state index contributed by atoms with van der Waals surface area (Å²) in [6, 6.07) is 12.0. The third-order valence-corrected chi connectivity index (χ3v) is 4.56. The smallest absolute Gasteiger partial charge is 0.303 e. The number of fused-ring (bicyclic) bond motifs is 1. The molecule has 3 rings (SSSR count). The lowest BCUT2D eigenvalue weighted by Gasteiger charge is -2.22. The number of imidazole rings is 1. The number of hydrogen-bond acceptors (Lipinski definition) is 2. The molecule has 0 atom stereocenters. The molecule has 6 heteroatoms. The zero-order valence-electron chi connectivity index (χ0n) is 14.7. The second kappa shape index (κ2) is 7.08. The van der Waals surface area contributed by atoms with E-state index in [0.29, 0.717) is 23.5 Å². The molecule has 0 aliphatic carbocycles. The summed E-state index contributed by atoms with van der Waals surface area (Å²) in [5.74, 6) is -0.446. The molecule has 0 radical (unpaired) electrons. The van der Waals surface area contributed by atoms with Gasteiger partial charge < -0.3 is 9.67 Å². The Kier molecular flexibility index (Phi) is 5.01. The van der Waals surface area contributed by atoms with Crippen LogP contribution in [0.2, 0.25) is 5.02 Å². The highest BCUT2D eigenvalue weighted by molar-refractivity contribution is 6.30. The van der Waals surface area contributed by atoms with Gasteiger partial charge in [0.25, 0.3) is 0 Å². The zero-order valence-corrected chi connectivity index (χ0v) is 15.4. The maximum atomic E-state index is 13.6. The number of halogens is 2. The molecule has 2 aromatic carbocycles. The van der Waals surface area contributed by atoms with Crippen molar-refractivity contribution < 1.29 is 14.3 Å². The number of benzene rings is 2. The molecule has 0 fully saturated rings. The molecule has 0 bridgehead atoms. The van der Waals surface area contributed by atoms with Gasteiger partial charge in [0.2, 0.25) is 0 Å². The highest BCUT2D eigenvalue weighted by atomic mass is 35.5. The van der Waals surface area contributed by atoms with Crippen LogP contribution in [0.3, 0.4) is 0 Å². The van der Waals surface area contributed by atoms with Gasteiger partial charge >= 0.3 is 5.97 Å². The van der Waals surface area contributed by atoms with Crippen LogP contribution < -0.4 is 0 Å². The molecule has 4 nitrogen and oxygen atoms in total. The zero-order chi connectivity index (χ0) is 18.9. The van der Waals surface area contributed by atoms with E-state index in [-0.39, 0.29) is 12.2 Å². The van der Waals surface area contributed by atoms with E-state index in [0.717, 1.165) is 16.9 Å². The Morgan fingerprint density at radius 2 is 1.92 bits per heavy atom. The lowest BCUT2D eigenvalue weighted by molar-refractivity contribution is -0.139. The van der Waals surface area contributed by atoms with Crippen molar-refractivity contribution in [2.24, 2.45) is 5.41 Å². The molecule has 1 aromatic heterocycles. The molecule has 0 aliphatic heterocycles. The topological polar surface area (TPSA) is 55.1 Å². The highest BCUT2D eigenvalue weighted by Gasteiger charge is 2.25. The van der Waals surface area contributed by atoms with Gasteiger partial charge in [-0.1, -0.05) is 37.6 Å². The van der Waals surface area contributed by atoms with Gasteiger partial charge in [-0.2, -0.15) is 0 Å². The summed E-state index contributed by atoms with van der Waals surface area (Å²) in [7, 11) is 0. The van der Waals surface area contributed by atoms with Gasteiger partial charge in [0.1, 0.15) is 11.6 Å². The fraction of sp³-hybridized carbons (Fsp3) is 0.300. The second-order valence-electron chi connectivity index (χ2n) is 7.29. The molecule has 0 spiro atoms. The predicted molar refractivity (Wildman–Crippen MR) is 100.0 cm³/mol. The molecule has 1 heterocycles. The molecule has 0 saturated heterocycles. The minimum atomic E-state index is -0.846. The number of aliphatic carboxylic acids is 1. The van der Waals surface area contributed by atoms with E-state index in [9.17, 15) is 9.18 Å². The van der Waals surface area contributed by atoms with Crippen LogP contribution in [-0.2, 0) is 17.8 Å². The summed E-state index contributed by atoms with van der Waals surface area (Å²) in [4.78, 5) is 15.7. The van der Waals surface area contributed by atoms with Crippen molar-refractivity contribution in [2.75, 3.05) is 0 Å². The summed E-state index contributed by atoms with van der Waals surface area (Å²) in [6.07, 6.45) is 0.509. The van der Waals surface area contributed by atoms with E-state index in [4.69, 9.17) is 16.7 Å². The first-order valence-corrected chi connectivity index (χ1v) is 8.72. The van der Waals surface area contributed by atoms with Gasteiger partial charge in [-0.25, -0.2) is 9.37 Å². The first-order chi connectivity index (χ1) is 12.2. The Bertz CT molecular complexity index is 948. The average Bonchev–Trinajstić information content (AvgIpc) is 2.84. The van der Waals surface area contributed by atoms with E-state index in [1.165, 1.54) is 12.1 Å². The summed E-state index contributed by atoms with van der Waals surface area (Å²) < 4.78 is 15.6. The van der Waals surface area contributed by atoms with Gasteiger partial charge in [0.05, 0.1) is 17.5 Å². The van der Waals surface area contributed by atoms with Crippen LogP contribution in [-0.4, -0.2) is 20.6 Å². The van der Waals surface area contributed by atoms with Crippen LogP contribution in [0.5, 0.6) is 0 Å². The number of carboxylic acids is 1. The fourth-order valence-corrected chi connectivity index (χ4v) is 3.26. The van der Waals surface area contributed by atoms with Crippen molar-refractivity contribution in [3.05, 3.63) is 64.7 Å². The molecule has 0 saturated carbocycles. The standard InChI is InChI=1S/C20H20ClFN2O2/c1-20(2,11-19(25)26)10-18-23-16-9-15(22)7-8-17(16)24(18)12-13-3-5-14(21)6-4-13/h3-9H,10-12H2,1-2H3,(H,25,26). The number of rotatable bonds is 6. The molecular formula is C20H20ClFN2O2. The van der Waals surface area contributed by atoms with E-state index in [1.807, 2.05) is 42.7 Å². The minimum absolute atomic E-state index is 0.0332. The molecule has 136 valence electrons. The third kappa shape index (κ3) is 4.22. The highest BCUT2D eigenvalue weighted by Crippen LogP contribution is 2.28. The lowest BCUT2D eigenvalue weighted by Crippen LogP contribution is -2.22. The maximum absolute atomic E-state index is 13.6. The summed E-state index contributed by atoms with van der Waals surface area (Å²) in [5.41, 5.74) is 1.96. The average molecular weight is 375 g/mol. The Balaban J connectivity index is 2.03. The number of carboxylic acid groups (broad SMARTS) is 1. The first kappa shape index (κ1) is 18.4. The van der Waals surface area contributed by atoms with Crippen LogP contribution in [0.4, 0.5) is 4.39 Å². The summed E-state index contributed by atoms with van der Waals surface area (Å²) in [5, 5.41) is 9.81. The lowest BCUT2D eigenvalue weighted by atomic mass is 9.85. The maximum Gasteiger partial charge on any atom is 0.303 e. The van der Waals surface area contributed by atoms with Crippen molar-refractivity contribution in [1.82, 2.24) is 9.55 Å². The van der Waals surface area contributed by atoms with Gasteiger partial charge in [-0.05, 0) is 35.2 Å². The number of nitrogens with zero attached hydrogens (tertiary/aromatic N) is 2. The van der Waals surface area contributed by atoms with Crippen molar-refractivity contribution >= 4 is 28.6 Å².